The minimum atomic E-state index is -0.500. The van der Waals surface area contributed by atoms with Gasteiger partial charge in [0.1, 0.15) is 17.6 Å². The molecule has 1 heterocycles. The fourth-order valence-electron chi connectivity index (χ4n) is 3.13. The topological polar surface area (TPSA) is 116 Å². The second-order valence-corrected chi connectivity index (χ2v) is 9.35. The Morgan fingerprint density at radius 2 is 1.75 bits per heavy atom. The van der Waals surface area contributed by atoms with Gasteiger partial charge in [0, 0.05) is 19.0 Å². The minimum absolute atomic E-state index is 0.155. The molecule has 10 nitrogen and oxygen atoms in total. The Balaban J connectivity index is 1.74. The van der Waals surface area contributed by atoms with Crippen LogP contribution in [0.1, 0.15) is 12.5 Å². The highest BCUT2D eigenvalue weighted by atomic mass is 32.2. The molecule has 0 spiro atoms. The molecule has 1 aliphatic heterocycles. The highest BCUT2D eigenvalue weighted by molar-refractivity contribution is 8.01. The van der Waals surface area contributed by atoms with Gasteiger partial charge in [-0.25, -0.2) is 4.79 Å². The Hall–Kier alpha value is -2.49. The van der Waals surface area contributed by atoms with Gasteiger partial charge in [0.2, 0.25) is 5.91 Å². The Labute approximate surface area is 217 Å². The first-order valence-corrected chi connectivity index (χ1v) is 12.8. The summed E-state index contributed by atoms with van der Waals surface area (Å²) in [6, 6.07) is 7.27. The highest BCUT2D eigenvalue weighted by Crippen LogP contribution is 2.25. The lowest BCUT2D eigenvalue weighted by Gasteiger charge is -2.32. The van der Waals surface area contributed by atoms with Crippen LogP contribution in [0.3, 0.4) is 0 Å². The van der Waals surface area contributed by atoms with Crippen LogP contribution < -0.4 is 20.7 Å². The monoisotopic (exact) mass is 523 g/mol. The fourth-order valence-corrected chi connectivity index (χ4v) is 4.41. The van der Waals surface area contributed by atoms with E-state index in [1.165, 1.54) is 11.8 Å². The second-order valence-electron chi connectivity index (χ2n) is 8.00. The number of methoxy groups -OCH3 is 1. The lowest BCUT2D eigenvalue weighted by atomic mass is 10.1. The molecule has 0 saturated carbocycles. The smallest absolute Gasteiger partial charge is 0.315 e. The zero-order valence-corrected chi connectivity index (χ0v) is 21.8. The van der Waals surface area contributed by atoms with Crippen molar-refractivity contribution in [1.82, 2.24) is 16.0 Å². The van der Waals surface area contributed by atoms with Gasteiger partial charge < -0.3 is 39.6 Å². The van der Waals surface area contributed by atoms with Crippen LogP contribution in [0.15, 0.2) is 24.3 Å². The summed E-state index contributed by atoms with van der Waals surface area (Å²) in [4.78, 5) is 24.8. The number of ether oxygens (including phenoxy) is 5. The number of carbonyl (C=O) groups excluding carboxylic acids is 2. The van der Waals surface area contributed by atoms with Gasteiger partial charge >= 0.3 is 6.03 Å². The van der Waals surface area contributed by atoms with Gasteiger partial charge in [-0.2, -0.15) is 0 Å². The van der Waals surface area contributed by atoms with Crippen molar-refractivity contribution in [1.29, 1.82) is 0 Å². The molecule has 0 bridgehead atoms. The van der Waals surface area contributed by atoms with Crippen LogP contribution in [0.2, 0.25) is 0 Å². The van der Waals surface area contributed by atoms with E-state index in [9.17, 15) is 9.59 Å². The third-order valence-corrected chi connectivity index (χ3v) is 6.73. The van der Waals surface area contributed by atoms with E-state index in [0.29, 0.717) is 52.7 Å². The summed E-state index contributed by atoms with van der Waals surface area (Å²) >= 11 is 1.40. The van der Waals surface area contributed by atoms with Crippen molar-refractivity contribution in [2.45, 2.75) is 24.1 Å². The molecule has 36 heavy (non-hydrogen) atoms. The summed E-state index contributed by atoms with van der Waals surface area (Å²) in [5.74, 6) is 3.15. The maximum absolute atomic E-state index is 13.0. The Morgan fingerprint density at radius 1 is 1.11 bits per heavy atom. The average Bonchev–Trinajstić information content (AvgIpc) is 2.89. The number of benzene rings is 1. The molecule has 1 saturated heterocycles. The standard InChI is InChI=1S/C25H37N3O7S/c1-4-9-32-10-11-33-12-13-34-14-15-35-18-22(36-24-19(2)16-27-25(30)28-24)23(29)26-17-20-5-7-21(31-3)8-6-20/h1,5-8,19,22,24H,9-18H2,2-3H3,(H,26,29)(H2,27,28,30). The Morgan fingerprint density at radius 3 is 2.39 bits per heavy atom. The van der Waals surface area contributed by atoms with Crippen LogP contribution in [0, 0.1) is 18.3 Å². The molecule has 11 heteroatoms. The second kappa shape index (κ2) is 17.9. The van der Waals surface area contributed by atoms with Gasteiger partial charge in [0.15, 0.2) is 0 Å². The average molecular weight is 524 g/mol. The minimum Gasteiger partial charge on any atom is -0.497 e. The zero-order valence-electron chi connectivity index (χ0n) is 21.0. The molecular weight excluding hydrogens is 486 g/mol. The first kappa shape index (κ1) is 29.7. The van der Waals surface area contributed by atoms with E-state index in [1.807, 2.05) is 31.2 Å². The molecule has 200 valence electrons. The highest BCUT2D eigenvalue weighted by Gasteiger charge is 2.31. The van der Waals surface area contributed by atoms with E-state index in [4.69, 9.17) is 30.1 Å². The quantitative estimate of drug-likeness (QED) is 0.195. The van der Waals surface area contributed by atoms with Crippen LogP contribution in [-0.4, -0.2) is 89.1 Å². The van der Waals surface area contributed by atoms with E-state index in [-0.39, 0.29) is 36.4 Å². The van der Waals surface area contributed by atoms with Crippen molar-refractivity contribution >= 4 is 23.7 Å². The molecule has 3 amide bonds. The molecule has 3 N–H and O–H groups in total. The summed E-state index contributed by atoms with van der Waals surface area (Å²) in [6.45, 7) is 5.91. The van der Waals surface area contributed by atoms with Gasteiger partial charge in [0.25, 0.3) is 0 Å². The number of nitrogens with one attached hydrogen (secondary N) is 3. The number of carbonyl (C=O) groups is 2. The van der Waals surface area contributed by atoms with E-state index in [1.54, 1.807) is 7.11 Å². The molecule has 1 aromatic carbocycles. The van der Waals surface area contributed by atoms with Crippen molar-refractivity contribution < 1.29 is 33.3 Å². The van der Waals surface area contributed by atoms with E-state index in [0.717, 1.165) is 11.3 Å². The molecule has 1 aliphatic rings. The zero-order chi connectivity index (χ0) is 26.0. The molecule has 0 radical (unpaired) electrons. The van der Waals surface area contributed by atoms with Crippen molar-refractivity contribution in [2.24, 2.45) is 5.92 Å². The third kappa shape index (κ3) is 12.0. The van der Waals surface area contributed by atoms with Crippen molar-refractivity contribution in [2.75, 3.05) is 66.5 Å². The number of thioether (sulfide) groups is 1. The van der Waals surface area contributed by atoms with Gasteiger partial charge in [-0.1, -0.05) is 25.0 Å². The summed E-state index contributed by atoms with van der Waals surface area (Å²) in [7, 11) is 1.61. The molecule has 0 aromatic heterocycles. The summed E-state index contributed by atoms with van der Waals surface area (Å²) < 4.78 is 26.9. The predicted molar refractivity (Wildman–Crippen MR) is 138 cm³/mol. The predicted octanol–water partition coefficient (Wildman–Crippen LogP) is 1.39. The van der Waals surface area contributed by atoms with E-state index < -0.39 is 5.25 Å². The summed E-state index contributed by atoms with van der Waals surface area (Å²) in [5, 5.41) is 7.93. The van der Waals surface area contributed by atoms with E-state index in [2.05, 4.69) is 21.9 Å². The number of terminal acetylenes is 1. The number of urea groups is 1. The molecule has 1 fully saturated rings. The van der Waals surface area contributed by atoms with Gasteiger partial charge in [-0.15, -0.1) is 18.2 Å². The van der Waals surface area contributed by atoms with Gasteiger partial charge in [0.05, 0.1) is 58.7 Å². The Bertz CT molecular complexity index is 819. The first-order chi connectivity index (χ1) is 17.5. The lowest BCUT2D eigenvalue weighted by molar-refractivity contribution is -0.121. The van der Waals surface area contributed by atoms with Crippen LogP contribution in [-0.2, 0) is 30.3 Å². The van der Waals surface area contributed by atoms with E-state index >= 15 is 0 Å². The first-order valence-electron chi connectivity index (χ1n) is 11.9. The normalized spacial score (nSPS) is 18.0. The van der Waals surface area contributed by atoms with Crippen molar-refractivity contribution in [3.8, 4) is 18.1 Å². The van der Waals surface area contributed by atoms with Crippen molar-refractivity contribution in [3.63, 3.8) is 0 Å². The summed E-state index contributed by atoms with van der Waals surface area (Å²) in [6.07, 6.45) is 5.10. The summed E-state index contributed by atoms with van der Waals surface area (Å²) in [5.41, 5.74) is 0.954. The molecule has 1 aromatic rings. The largest absolute Gasteiger partial charge is 0.497 e. The van der Waals surface area contributed by atoms with Crippen LogP contribution in [0.5, 0.6) is 5.75 Å². The third-order valence-electron chi connectivity index (χ3n) is 5.17. The molecular formula is C25H37N3O7S. The molecule has 0 aliphatic carbocycles. The Kier molecular flexibility index (Phi) is 14.8. The number of hydrogen-bond donors (Lipinski definition) is 3. The van der Waals surface area contributed by atoms with Crippen LogP contribution >= 0.6 is 11.8 Å². The molecule has 2 rings (SSSR count). The molecule has 3 atom stereocenters. The van der Waals surface area contributed by atoms with Crippen LogP contribution in [0.25, 0.3) is 0 Å². The molecule has 3 unspecified atom stereocenters. The van der Waals surface area contributed by atoms with Crippen molar-refractivity contribution in [3.05, 3.63) is 29.8 Å². The number of rotatable bonds is 18. The lowest BCUT2D eigenvalue weighted by Crippen LogP contribution is -2.54. The fraction of sp³-hybridized carbons (Fsp3) is 0.600. The maximum Gasteiger partial charge on any atom is 0.315 e. The SMILES string of the molecule is C#CCOCCOCCOCCOCC(SC1NC(=O)NCC1C)C(=O)NCc1ccc(OC)cc1. The van der Waals surface area contributed by atoms with Gasteiger partial charge in [-0.3, -0.25) is 4.79 Å². The van der Waals surface area contributed by atoms with Crippen LogP contribution in [0.4, 0.5) is 4.79 Å². The number of hydrogen-bond acceptors (Lipinski definition) is 8. The maximum atomic E-state index is 13.0. The number of amides is 3. The van der Waals surface area contributed by atoms with Gasteiger partial charge in [-0.05, 0) is 17.7 Å².